The van der Waals surface area contributed by atoms with Crippen molar-refractivity contribution in [1.29, 1.82) is 0 Å². The van der Waals surface area contributed by atoms with Crippen LogP contribution < -0.4 is 15.2 Å². The number of fused-ring (bicyclic) bond motifs is 1. The van der Waals surface area contributed by atoms with Crippen molar-refractivity contribution in [2.75, 3.05) is 13.2 Å². The molecule has 0 fully saturated rings. The molecule has 2 heterocycles. The van der Waals surface area contributed by atoms with Crippen molar-refractivity contribution in [3.63, 3.8) is 0 Å². The van der Waals surface area contributed by atoms with Crippen LogP contribution in [0.3, 0.4) is 0 Å². The van der Waals surface area contributed by atoms with Crippen molar-refractivity contribution in [2.45, 2.75) is 19.4 Å². The van der Waals surface area contributed by atoms with Crippen LogP contribution in [-0.4, -0.2) is 23.4 Å². The first-order chi connectivity index (χ1) is 9.28. The summed E-state index contributed by atoms with van der Waals surface area (Å²) in [6.45, 7) is 3.22. The van der Waals surface area contributed by atoms with E-state index in [0.29, 0.717) is 13.2 Å². The largest absolute Gasteiger partial charge is 0.486 e. The van der Waals surface area contributed by atoms with Gasteiger partial charge in [-0.15, -0.1) is 10.2 Å². The Morgan fingerprint density at radius 1 is 1.26 bits per heavy atom. The fourth-order valence-corrected chi connectivity index (χ4v) is 2.78. The number of rotatable bonds is 3. The number of ether oxygens (including phenoxy) is 2. The maximum atomic E-state index is 5.96. The van der Waals surface area contributed by atoms with E-state index in [9.17, 15) is 0 Å². The standard InChI is InChI=1S/C13H15N3O2S/c1-2-9(14)13-16-15-12(19-13)8-3-4-10-11(7-8)18-6-5-17-10/h3-4,7,9H,2,5-6,14H2,1H3. The molecule has 0 spiro atoms. The van der Waals surface area contributed by atoms with Crippen molar-refractivity contribution in [2.24, 2.45) is 5.73 Å². The highest BCUT2D eigenvalue weighted by Crippen LogP contribution is 2.36. The Morgan fingerprint density at radius 2 is 2.05 bits per heavy atom. The van der Waals surface area contributed by atoms with Crippen molar-refractivity contribution >= 4 is 11.3 Å². The Bertz CT molecular complexity index is 585. The van der Waals surface area contributed by atoms with Crippen molar-refractivity contribution in [3.8, 4) is 22.1 Å². The summed E-state index contributed by atoms with van der Waals surface area (Å²) in [6, 6.07) is 5.78. The van der Waals surface area contributed by atoms with Gasteiger partial charge in [0.25, 0.3) is 0 Å². The average Bonchev–Trinajstić information content (AvgIpc) is 2.95. The van der Waals surface area contributed by atoms with Crippen LogP contribution in [-0.2, 0) is 0 Å². The summed E-state index contributed by atoms with van der Waals surface area (Å²) in [6.07, 6.45) is 0.857. The molecule has 1 aliphatic rings. The molecule has 100 valence electrons. The zero-order valence-corrected chi connectivity index (χ0v) is 11.4. The molecule has 1 aromatic heterocycles. The quantitative estimate of drug-likeness (QED) is 0.932. The molecular weight excluding hydrogens is 262 g/mol. The predicted octanol–water partition coefficient (Wildman–Crippen LogP) is 2.39. The minimum absolute atomic E-state index is 0.0385. The van der Waals surface area contributed by atoms with Crippen LogP contribution in [0.5, 0.6) is 11.5 Å². The SMILES string of the molecule is CCC(N)c1nnc(-c2ccc3c(c2)OCCO3)s1. The van der Waals surface area contributed by atoms with E-state index in [1.807, 2.05) is 25.1 Å². The first-order valence-electron chi connectivity index (χ1n) is 6.27. The average molecular weight is 277 g/mol. The van der Waals surface area contributed by atoms with Crippen LogP contribution in [0.2, 0.25) is 0 Å². The first kappa shape index (κ1) is 12.4. The highest BCUT2D eigenvalue weighted by Gasteiger charge is 2.16. The lowest BCUT2D eigenvalue weighted by Gasteiger charge is -2.18. The number of hydrogen-bond donors (Lipinski definition) is 1. The number of aromatic nitrogens is 2. The van der Waals surface area contributed by atoms with Crippen LogP contribution in [0, 0.1) is 0 Å². The fraction of sp³-hybridized carbons (Fsp3) is 0.385. The molecule has 19 heavy (non-hydrogen) atoms. The van der Waals surface area contributed by atoms with E-state index in [4.69, 9.17) is 15.2 Å². The Kier molecular flexibility index (Phi) is 3.35. The van der Waals surface area contributed by atoms with Gasteiger partial charge in [0.2, 0.25) is 0 Å². The third-order valence-electron chi connectivity index (χ3n) is 2.99. The Hall–Kier alpha value is -1.66. The van der Waals surface area contributed by atoms with Gasteiger partial charge in [0.15, 0.2) is 11.5 Å². The molecule has 1 atom stereocenters. The molecular formula is C13H15N3O2S. The molecule has 0 aliphatic carbocycles. The molecule has 2 aromatic rings. The molecule has 1 unspecified atom stereocenters. The van der Waals surface area contributed by atoms with Gasteiger partial charge >= 0.3 is 0 Å². The van der Waals surface area contributed by atoms with Crippen molar-refractivity contribution < 1.29 is 9.47 Å². The van der Waals surface area contributed by atoms with Gasteiger partial charge in [-0.05, 0) is 24.6 Å². The van der Waals surface area contributed by atoms with Gasteiger partial charge in [0.1, 0.15) is 23.2 Å². The van der Waals surface area contributed by atoms with E-state index in [1.165, 1.54) is 11.3 Å². The minimum Gasteiger partial charge on any atom is -0.486 e. The number of nitrogens with zero attached hydrogens (tertiary/aromatic N) is 2. The molecule has 6 heteroatoms. The van der Waals surface area contributed by atoms with Gasteiger partial charge in [-0.3, -0.25) is 0 Å². The zero-order chi connectivity index (χ0) is 13.2. The Morgan fingerprint density at radius 3 is 2.84 bits per heavy atom. The zero-order valence-electron chi connectivity index (χ0n) is 10.6. The lowest BCUT2D eigenvalue weighted by atomic mass is 10.2. The molecule has 0 saturated carbocycles. The summed E-state index contributed by atoms with van der Waals surface area (Å²) in [4.78, 5) is 0. The number of hydrogen-bond acceptors (Lipinski definition) is 6. The summed E-state index contributed by atoms with van der Waals surface area (Å²) in [5, 5.41) is 10.1. The van der Waals surface area contributed by atoms with Crippen molar-refractivity contribution in [3.05, 3.63) is 23.2 Å². The van der Waals surface area contributed by atoms with Crippen LogP contribution in [0.25, 0.3) is 10.6 Å². The fourth-order valence-electron chi connectivity index (χ4n) is 1.85. The van der Waals surface area contributed by atoms with E-state index in [2.05, 4.69) is 10.2 Å². The lowest BCUT2D eigenvalue weighted by molar-refractivity contribution is 0.171. The van der Waals surface area contributed by atoms with Crippen LogP contribution in [0.15, 0.2) is 18.2 Å². The maximum Gasteiger partial charge on any atom is 0.162 e. The topological polar surface area (TPSA) is 70.3 Å². The highest BCUT2D eigenvalue weighted by molar-refractivity contribution is 7.14. The molecule has 2 N–H and O–H groups in total. The van der Waals surface area contributed by atoms with Gasteiger partial charge in [-0.2, -0.15) is 0 Å². The Balaban J connectivity index is 1.91. The molecule has 0 saturated heterocycles. The van der Waals surface area contributed by atoms with Crippen LogP contribution in [0.4, 0.5) is 0 Å². The molecule has 5 nitrogen and oxygen atoms in total. The molecule has 3 rings (SSSR count). The summed E-state index contributed by atoms with van der Waals surface area (Å²) in [7, 11) is 0. The lowest BCUT2D eigenvalue weighted by Crippen LogP contribution is -2.15. The predicted molar refractivity (Wildman–Crippen MR) is 73.6 cm³/mol. The maximum absolute atomic E-state index is 5.96. The molecule has 1 aliphatic heterocycles. The van der Waals surface area contributed by atoms with Crippen molar-refractivity contribution in [1.82, 2.24) is 10.2 Å². The molecule has 1 aromatic carbocycles. The third-order valence-corrected chi connectivity index (χ3v) is 4.09. The normalized spacial score (nSPS) is 15.3. The van der Waals surface area contributed by atoms with Gasteiger partial charge in [0, 0.05) is 5.56 Å². The smallest absolute Gasteiger partial charge is 0.162 e. The monoisotopic (exact) mass is 277 g/mol. The Labute approximate surface area is 115 Å². The number of nitrogens with two attached hydrogens (primary N) is 1. The summed E-state index contributed by atoms with van der Waals surface area (Å²) >= 11 is 1.53. The van der Waals surface area contributed by atoms with Crippen LogP contribution >= 0.6 is 11.3 Å². The third kappa shape index (κ3) is 2.41. The number of benzene rings is 1. The highest BCUT2D eigenvalue weighted by atomic mass is 32.1. The molecule has 0 radical (unpaired) electrons. The van der Waals surface area contributed by atoms with Gasteiger partial charge < -0.3 is 15.2 Å². The van der Waals surface area contributed by atoms with Gasteiger partial charge in [-0.25, -0.2) is 0 Å². The molecule has 0 amide bonds. The minimum atomic E-state index is -0.0385. The molecule has 0 bridgehead atoms. The second-order valence-corrected chi connectivity index (χ2v) is 5.33. The summed E-state index contributed by atoms with van der Waals surface area (Å²) in [5.41, 5.74) is 6.94. The van der Waals surface area contributed by atoms with Gasteiger partial charge in [-0.1, -0.05) is 18.3 Å². The van der Waals surface area contributed by atoms with Gasteiger partial charge in [0.05, 0.1) is 6.04 Å². The summed E-state index contributed by atoms with van der Waals surface area (Å²) in [5.74, 6) is 1.55. The van der Waals surface area contributed by atoms with Crippen LogP contribution in [0.1, 0.15) is 24.4 Å². The van der Waals surface area contributed by atoms with E-state index in [1.54, 1.807) is 0 Å². The first-order valence-corrected chi connectivity index (χ1v) is 7.08. The summed E-state index contributed by atoms with van der Waals surface area (Å²) < 4.78 is 11.1. The van der Waals surface area contributed by atoms with E-state index < -0.39 is 0 Å². The van der Waals surface area contributed by atoms with E-state index >= 15 is 0 Å². The second-order valence-electron chi connectivity index (χ2n) is 4.32. The van der Waals surface area contributed by atoms with E-state index in [-0.39, 0.29) is 6.04 Å². The van der Waals surface area contributed by atoms with E-state index in [0.717, 1.165) is 33.5 Å². The second kappa shape index (κ2) is 5.14.